The van der Waals surface area contributed by atoms with Crippen LogP contribution in [-0.4, -0.2) is 20.1 Å². The fourth-order valence-electron chi connectivity index (χ4n) is 2.63. The molecular weight excluding hydrogens is 302 g/mol. The second-order valence-electron chi connectivity index (χ2n) is 5.74. The van der Waals surface area contributed by atoms with Crippen molar-refractivity contribution in [2.45, 2.75) is 32.7 Å². The van der Waals surface area contributed by atoms with Crippen molar-refractivity contribution in [2.24, 2.45) is 0 Å². The Kier molecular flexibility index (Phi) is 6.24. The molecule has 2 aromatic carbocycles. The molecule has 0 aliphatic heterocycles. The summed E-state index contributed by atoms with van der Waals surface area (Å²) in [5.41, 5.74) is 3.18. The molecule has 0 spiro atoms. The van der Waals surface area contributed by atoms with Crippen molar-refractivity contribution in [1.29, 1.82) is 0 Å². The van der Waals surface area contributed by atoms with E-state index in [1.54, 1.807) is 14.2 Å². The van der Waals surface area contributed by atoms with Crippen LogP contribution >= 0.6 is 0 Å². The Morgan fingerprint density at radius 2 is 1.71 bits per heavy atom. The second-order valence-corrected chi connectivity index (χ2v) is 5.74. The smallest absolute Gasteiger partial charge is 0.224 e. The molecule has 0 heterocycles. The van der Waals surface area contributed by atoms with Gasteiger partial charge in [0.25, 0.3) is 0 Å². The standard InChI is InChI=1S/C20H25NO3/c1-5-15-6-8-16(9-7-15)12-20(22)21-14(2)18-13-17(23-3)10-11-19(18)24-4/h6-11,13-14H,5,12H2,1-4H3,(H,21,22)/t14-/m1/s1. The number of benzene rings is 2. The van der Waals surface area contributed by atoms with Crippen molar-refractivity contribution >= 4 is 5.91 Å². The predicted molar refractivity (Wildman–Crippen MR) is 95.6 cm³/mol. The monoisotopic (exact) mass is 327 g/mol. The maximum atomic E-state index is 12.3. The molecule has 0 aliphatic carbocycles. The molecule has 24 heavy (non-hydrogen) atoms. The van der Waals surface area contributed by atoms with Gasteiger partial charge in [-0.15, -0.1) is 0 Å². The highest BCUT2D eigenvalue weighted by molar-refractivity contribution is 5.79. The number of hydrogen-bond donors (Lipinski definition) is 1. The maximum absolute atomic E-state index is 12.3. The highest BCUT2D eigenvalue weighted by Gasteiger charge is 2.15. The lowest BCUT2D eigenvalue weighted by Crippen LogP contribution is -2.28. The molecule has 128 valence electrons. The van der Waals surface area contributed by atoms with Gasteiger partial charge < -0.3 is 14.8 Å². The van der Waals surface area contributed by atoms with E-state index in [2.05, 4.69) is 24.4 Å². The van der Waals surface area contributed by atoms with Gasteiger partial charge in [0.2, 0.25) is 5.91 Å². The van der Waals surface area contributed by atoms with E-state index in [-0.39, 0.29) is 11.9 Å². The molecule has 4 nitrogen and oxygen atoms in total. The number of aryl methyl sites for hydroxylation is 1. The summed E-state index contributed by atoms with van der Waals surface area (Å²) >= 11 is 0. The Morgan fingerprint density at radius 1 is 1.04 bits per heavy atom. The van der Waals surface area contributed by atoms with Crippen molar-refractivity contribution < 1.29 is 14.3 Å². The molecule has 0 fully saturated rings. The van der Waals surface area contributed by atoms with E-state index in [0.717, 1.165) is 29.0 Å². The minimum absolute atomic E-state index is 0.0170. The highest BCUT2D eigenvalue weighted by Crippen LogP contribution is 2.29. The third-order valence-electron chi connectivity index (χ3n) is 4.08. The average molecular weight is 327 g/mol. The van der Waals surface area contributed by atoms with E-state index in [1.807, 2.05) is 37.3 Å². The SMILES string of the molecule is CCc1ccc(CC(=O)N[C@H](C)c2cc(OC)ccc2OC)cc1. The number of amides is 1. The largest absolute Gasteiger partial charge is 0.497 e. The number of nitrogens with one attached hydrogen (secondary N) is 1. The summed E-state index contributed by atoms with van der Waals surface area (Å²) in [5, 5.41) is 3.02. The third kappa shape index (κ3) is 4.51. The summed E-state index contributed by atoms with van der Waals surface area (Å²) in [6, 6.07) is 13.6. The third-order valence-corrected chi connectivity index (χ3v) is 4.08. The Bertz CT molecular complexity index is 680. The summed E-state index contributed by atoms with van der Waals surface area (Å²) < 4.78 is 10.6. The maximum Gasteiger partial charge on any atom is 0.224 e. The van der Waals surface area contributed by atoms with Gasteiger partial charge >= 0.3 is 0 Å². The van der Waals surface area contributed by atoms with Gasteiger partial charge in [-0.25, -0.2) is 0 Å². The van der Waals surface area contributed by atoms with Gasteiger partial charge in [0.05, 0.1) is 26.7 Å². The first-order chi connectivity index (χ1) is 11.6. The average Bonchev–Trinajstić information content (AvgIpc) is 2.61. The van der Waals surface area contributed by atoms with E-state index in [0.29, 0.717) is 6.42 Å². The van der Waals surface area contributed by atoms with Gasteiger partial charge in [0.15, 0.2) is 0 Å². The molecule has 0 aromatic heterocycles. The first-order valence-electron chi connectivity index (χ1n) is 8.16. The van der Waals surface area contributed by atoms with Crippen LogP contribution in [0.1, 0.15) is 36.6 Å². The van der Waals surface area contributed by atoms with Gasteiger partial charge in [-0.1, -0.05) is 31.2 Å². The second kappa shape index (κ2) is 8.39. The lowest BCUT2D eigenvalue weighted by atomic mass is 10.0. The molecule has 0 unspecified atom stereocenters. The van der Waals surface area contributed by atoms with Crippen LogP contribution in [0.15, 0.2) is 42.5 Å². The molecule has 0 radical (unpaired) electrons. The first kappa shape index (κ1) is 17.9. The Morgan fingerprint density at radius 3 is 2.29 bits per heavy atom. The zero-order valence-corrected chi connectivity index (χ0v) is 14.8. The van der Waals surface area contributed by atoms with Crippen LogP contribution in [0.5, 0.6) is 11.5 Å². The normalized spacial score (nSPS) is 11.7. The number of rotatable bonds is 7. The van der Waals surface area contributed by atoms with Crippen LogP contribution in [0.25, 0.3) is 0 Å². The molecule has 0 aliphatic rings. The minimum atomic E-state index is -0.169. The molecule has 1 atom stereocenters. The topological polar surface area (TPSA) is 47.6 Å². The number of ether oxygens (including phenoxy) is 2. The molecular formula is C20H25NO3. The molecule has 2 aromatic rings. The minimum Gasteiger partial charge on any atom is -0.497 e. The number of methoxy groups -OCH3 is 2. The van der Waals surface area contributed by atoms with Crippen LogP contribution in [0, 0.1) is 0 Å². The molecule has 0 bridgehead atoms. The van der Waals surface area contributed by atoms with Crippen molar-refractivity contribution in [1.82, 2.24) is 5.32 Å². The van der Waals surface area contributed by atoms with Gasteiger partial charge in [0.1, 0.15) is 11.5 Å². The number of hydrogen-bond acceptors (Lipinski definition) is 3. The lowest BCUT2D eigenvalue weighted by molar-refractivity contribution is -0.121. The summed E-state index contributed by atoms with van der Waals surface area (Å²) in [7, 11) is 3.24. The van der Waals surface area contributed by atoms with Crippen LogP contribution in [-0.2, 0) is 17.6 Å². The summed E-state index contributed by atoms with van der Waals surface area (Å²) in [4.78, 5) is 12.3. The Hall–Kier alpha value is -2.49. The van der Waals surface area contributed by atoms with Gasteiger partial charge in [0, 0.05) is 5.56 Å². The van der Waals surface area contributed by atoms with E-state index in [1.165, 1.54) is 5.56 Å². The summed E-state index contributed by atoms with van der Waals surface area (Å²) in [5.74, 6) is 1.45. The fraction of sp³-hybridized carbons (Fsp3) is 0.350. The Labute approximate surface area is 143 Å². The van der Waals surface area contributed by atoms with Gasteiger partial charge in [-0.2, -0.15) is 0 Å². The summed E-state index contributed by atoms with van der Waals surface area (Å²) in [6.45, 7) is 4.06. The number of carbonyl (C=O) groups is 1. The van der Waals surface area contributed by atoms with Crippen LogP contribution < -0.4 is 14.8 Å². The quantitative estimate of drug-likeness (QED) is 0.844. The predicted octanol–water partition coefficient (Wildman–Crippen LogP) is 3.69. The molecule has 0 saturated carbocycles. The van der Waals surface area contributed by atoms with Crippen LogP contribution in [0.3, 0.4) is 0 Å². The lowest BCUT2D eigenvalue weighted by Gasteiger charge is -2.18. The van der Waals surface area contributed by atoms with E-state index < -0.39 is 0 Å². The van der Waals surface area contributed by atoms with E-state index >= 15 is 0 Å². The van der Waals surface area contributed by atoms with E-state index in [4.69, 9.17) is 9.47 Å². The fourth-order valence-corrected chi connectivity index (χ4v) is 2.63. The molecule has 1 N–H and O–H groups in total. The highest BCUT2D eigenvalue weighted by atomic mass is 16.5. The van der Waals surface area contributed by atoms with Gasteiger partial charge in [-0.05, 0) is 42.7 Å². The molecule has 0 saturated heterocycles. The first-order valence-corrected chi connectivity index (χ1v) is 8.16. The van der Waals surface area contributed by atoms with Crippen molar-refractivity contribution in [3.8, 4) is 11.5 Å². The van der Waals surface area contributed by atoms with Gasteiger partial charge in [-0.3, -0.25) is 4.79 Å². The van der Waals surface area contributed by atoms with Crippen molar-refractivity contribution in [3.63, 3.8) is 0 Å². The zero-order valence-electron chi connectivity index (χ0n) is 14.8. The van der Waals surface area contributed by atoms with Crippen molar-refractivity contribution in [3.05, 3.63) is 59.2 Å². The number of carbonyl (C=O) groups excluding carboxylic acids is 1. The van der Waals surface area contributed by atoms with E-state index in [9.17, 15) is 4.79 Å². The summed E-state index contributed by atoms with van der Waals surface area (Å²) in [6.07, 6.45) is 1.36. The van der Waals surface area contributed by atoms with Crippen molar-refractivity contribution in [2.75, 3.05) is 14.2 Å². The zero-order chi connectivity index (χ0) is 17.5. The van der Waals surface area contributed by atoms with Crippen LogP contribution in [0.4, 0.5) is 0 Å². The molecule has 1 amide bonds. The van der Waals surface area contributed by atoms with Crippen LogP contribution in [0.2, 0.25) is 0 Å². The Balaban J connectivity index is 2.05. The molecule has 4 heteroatoms. The molecule has 2 rings (SSSR count).